The van der Waals surface area contributed by atoms with Crippen LogP contribution in [0.1, 0.15) is 34.1 Å². The Bertz CT molecular complexity index is 389. The van der Waals surface area contributed by atoms with Gasteiger partial charge in [-0.2, -0.15) is 0 Å². The van der Waals surface area contributed by atoms with Crippen molar-refractivity contribution in [1.82, 2.24) is 4.98 Å². The van der Waals surface area contributed by atoms with E-state index in [1.807, 2.05) is 6.92 Å². The van der Waals surface area contributed by atoms with Crippen LogP contribution in [-0.4, -0.2) is 30.6 Å². The molecule has 0 amide bonds. The molecule has 86 valence electrons. The molecule has 1 aromatic heterocycles. The van der Waals surface area contributed by atoms with Crippen molar-refractivity contribution in [2.45, 2.75) is 13.3 Å². The normalized spacial score (nSPS) is 9.62. The third kappa shape index (κ3) is 3.05. The molecule has 5 heteroatoms. The molecular formula is C11H13NO4. The van der Waals surface area contributed by atoms with E-state index in [9.17, 15) is 9.59 Å². The number of pyridine rings is 1. The number of carbonyl (C=O) groups is 2. The van der Waals surface area contributed by atoms with E-state index in [2.05, 4.69) is 9.72 Å². The minimum atomic E-state index is -0.530. The molecule has 0 fully saturated rings. The van der Waals surface area contributed by atoms with Gasteiger partial charge in [0.1, 0.15) is 0 Å². The van der Waals surface area contributed by atoms with Gasteiger partial charge in [0, 0.05) is 12.4 Å². The van der Waals surface area contributed by atoms with Gasteiger partial charge in [0.25, 0.3) is 0 Å². The zero-order chi connectivity index (χ0) is 12.0. The van der Waals surface area contributed by atoms with Gasteiger partial charge in [-0.3, -0.25) is 4.98 Å². The maximum atomic E-state index is 11.5. The van der Waals surface area contributed by atoms with Crippen LogP contribution in [0, 0.1) is 0 Å². The zero-order valence-corrected chi connectivity index (χ0v) is 9.23. The van der Waals surface area contributed by atoms with Gasteiger partial charge in [0.2, 0.25) is 0 Å². The Labute approximate surface area is 93.4 Å². The lowest BCUT2D eigenvalue weighted by Crippen LogP contribution is -2.09. The standard InChI is InChI=1S/C11H13NO4/c1-3-4-16-11(14)9-5-8(6-12-7-9)10(13)15-2/h5-7H,3-4H2,1-2H3. The molecule has 0 atom stereocenters. The van der Waals surface area contributed by atoms with Crippen LogP contribution in [0.25, 0.3) is 0 Å². The maximum absolute atomic E-state index is 11.5. The SMILES string of the molecule is CCCOC(=O)c1cncc(C(=O)OC)c1. The topological polar surface area (TPSA) is 65.5 Å². The van der Waals surface area contributed by atoms with Crippen LogP contribution in [0.5, 0.6) is 0 Å². The minimum absolute atomic E-state index is 0.230. The third-order valence-electron chi connectivity index (χ3n) is 1.83. The predicted molar refractivity (Wildman–Crippen MR) is 56.2 cm³/mol. The second-order valence-corrected chi connectivity index (χ2v) is 3.09. The van der Waals surface area contributed by atoms with E-state index in [0.29, 0.717) is 6.61 Å². The van der Waals surface area contributed by atoms with E-state index in [4.69, 9.17) is 4.74 Å². The fraction of sp³-hybridized carbons (Fsp3) is 0.364. The lowest BCUT2D eigenvalue weighted by Gasteiger charge is -2.03. The van der Waals surface area contributed by atoms with Crippen LogP contribution in [0.4, 0.5) is 0 Å². The van der Waals surface area contributed by atoms with Crippen molar-refractivity contribution < 1.29 is 19.1 Å². The van der Waals surface area contributed by atoms with E-state index >= 15 is 0 Å². The quantitative estimate of drug-likeness (QED) is 0.722. The molecule has 1 rings (SSSR count). The molecule has 0 unspecified atom stereocenters. The fourth-order valence-electron chi connectivity index (χ4n) is 1.06. The molecule has 5 nitrogen and oxygen atoms in total. The highest BCUT2D eigenvalue weighted by atomic mass is 16.5. The zero-order valence-electron chi connectivity index (χ0n) is 9.23. The number of carbonyl (C=O) groups excluding carboxylic acids is 2. The van der Waals surface area contributed by atoms with Crippen molar-refractivity contribution in [3.63, 3.8) is 0 Å². The molecule has 0 spiro atoms. The molecular weight excluding hydrogens is 210 g/mol. The summed E-state index contributed by atoms with van der Waals surface area (Å²) in [5, 5.41) is 0. The van der Waals surface area contributed by atoms with E-state index in [1.54, 1.807) is 0 Å². The summed E-state index contributed by atoms with van der Waals surface area (Å²) in [6, 6.07) is 1.40. The smallest absolute Gasteiger partial charge is 0.339 e. The van der Waals surface area contributed by atoms with Gasteiger partial charge in [-0.1, -0.05) is 6.92 Å². The van der Waals surface area contributed by atoms with Crippen LogP contribution in [0.2, 0.25) is 0 Å². The van der Waals surface area contributed by atoms with Gasteiger partial charge in [0.15, 0.2) is 0 Å². The molecule has 0 aliphatic heterocycles. The molecule has 0 aliphatic carbocycles. The number of ether oxygens (including phenoxy) is 2. The molecule has 0 saturated carbocycles. The van der Waals surface area contributed by atoms with Crippen molar-refractivity contribution in [3.8, 4) is 0 Å². The van der Waals surface area contributed by atoms with E-state index in [-0.39, 0.29) is 11.1 Å². The summed E-state index contributed by atoms with van der Waals surface area (Å²) < 4.78 is 9.44. The second-order valence-electron chi connectivity index (χ2n) is 3.09. The molecule has 0 N–H and O–H groups in total. The molecule has 0 bridgehead atoms. The summed E-state index contributed by atoms with van der Waals surface area (Å²) in [6.07, 6.45) is 3.43. The number of esters is 2. The Morgan fingerprint density at radius 2 is 1.88 bits per heavy atom. The maximum Gasteiger partial charge on any atom is 0.339 e. The first kappa shape index (κ1) is 12.2. The Morgan fingerprint density at radius 1 is 1.25 bits per heavy atom. The van der Waals surface area contributed by atoms with Gasteiger partial charge < -0.3 is 9.47 Å². The summed E-state index contributed by atoms with van der Waals surface area (Å²) in [5.74, 6) is -1.02. The largest absolute Gasteiger partial charge is 0.465 e. The van der Waals surface area contributed by atoms with Crippen molar-refractivity contribution in [2.75, 3.05) is 13.7 Å². The second kappa shape index (κ2) is 5.85. The molecule has 0 radical (unpaired) electrons. The summed E-state index contributed by atoms with van der Waals surface area (Å²) >= 11 is 0. The molecule has 1 heterocycles. The summed E-state index contributed by atoms with van der Waals surface area (Å²) in [4.78, 5) is 26.4. The first-order chi connectivity index (χ1) is 7.69. The average molecular weight is 223 g/mol. The van der Waals surface area contributed by atoms with Crippen molar-refractivity contribution in [3.05, 3.63) is 29.6 Å². The molecule has 0 saturated heterocycles. The minimum Gasteiger partial charge on any atom is -0.465 e. The van der Waals surface area contributed by atoms with Gasteiger partial charge in [-0.25, -0.2) is 9.59 Å². The Balaban J connectivity index is 2.81. The Morgan fingerprint density at radius 3 is 2.44 bits per heavy atom. The van der Waals surface area contributed by atoms with E-state index in [0.717, 1.165) is 6.42 Å². The average Bonchev–Trinajstić information content (AvgIpc) is 2.35. The molecule has 16 heavy (non-hydrogen) atoms. The highest BCUT2D eigenvalue weighted by molar-refractivity contribution is 5.94. The first-order valence-electron chi connectivity index (χ1n) is 4.89. The molecule has 1 aromatic rings. The molecule has 0 aliphatic rings. The monoisotopic (exact) mass is 223 g/mol. The van der Waals surface area contributed by atoms with Gasteiger partial charge in [-0.05, 0) is 12.5 Å². The van der Waals surface area contributed by atoms with E-state index in [1.165, 1.54) is 25.6 Å². The Kier molecular flexibility index (Phi) is 4.44. The Hall–Kier alpha value is -1.91. The number of hydrogen-bond donors (Lipinski definition) is 0. The lowest BCUT2D eigenvalue weighted by molar-refractivity contribution is 0.0504. The van der Waals surface area contributed by atoms with Crippen molar-refractivity contribution in [1.29, 1.82) is 0 Å². The van der Waals surface area contributed by atoms with Gasteiger partial charge in [-0.15, -0.1) is 0 Å². The number of rotatable bonds is 4. The van der Waals surface area contributed by atoms with Crippen molar-refractivity contribution in [2.24, 2.45) is 0 Å². The van der Waals surface area contributed by atoms with E-state index < -0.39 is 11.9 Å². The van der Waals surface area contributed by atoms with Crippen LogP contribution < -0.4 is 0 Å². The summed E-state index contributed by atoms with van der Waals surface area (Å²) in [5.41, 5.74) is 0.477. The third-order valence-corrected chi connectivity index (χ3v) is 1.83. The number of hydrogen-bond acceptors (Lipinski definition) is 5. The highest BCUT2D eigenvalue weighted by Crippen LogP contribution is 2.06. The number of nitrogens with zero attached hydrogens (tertiary/aromatic N) is 1. The molecule has 0 aromatic carbocycles. The van der Waals surface area contributed by atoms with Crippen LogP contribution >= 0.6 is 0 Å². The van der Waals surface area contributed by atoms with Crippen LogP contribution in [0.3, 0.4) is 0 Å². The summed E-state index contributed by atoms with van der Waals surface area (Å²) in [6.45, 7) is 2.25. The lowest BCUT2D eigenvalue weighted by atomic mass is 10.2. The van der Waals surface area contributed by atoms with Gasteiger partial charge >= 0.3 is 11.9 Å². The van der Waals surface area contributed by atoms with Gasteiger partial charge in [0.05, 0.1) is 24.8 Å². The van der Waals surface area contributed by atoms with Crippen molar-refractivity contribution >= 4 is 11.9 Å². The number of aromatic nitrogens is 1. The van der Waals surface area contributed by atoms with Crippen LogP contribution in [-0.2, 0) is 9.47 Å². The number of methoxy groups -OCH3 is 1. The first-order valence-corrected chi connectivity index (χ1v) is 4.89. The van der Waals surface area contributed by atoms with Crippen LogP contribution in [0.15, 0.2) is 18.5 Å². The highest BCUT2D eigenvalue weighted by Gasteiger charge is 2.11. The predicted octanol–water partition coefficient (Wildman–Crippen LogP) is 1.44. The summed E-state index contributed by atoms with van der Waals surface area (Å²) in [7, 11) is 1.27. The fourth-order valence-corrected chi connectivity index (χ4v) is 1.06.